The molecule has 1 atom stereocenters. The number of benzene rings is 1. The molecule has 0 radical (unpaired) electrons. The number of nitrogens with zero attached hydrogens (tertiary/aromatic N) is 1. The third-order valence-corrected chi connectivity index (χ3v) is 5.29. The molecule has 1 unspecified atom stereocenters. The van der Waals surface area contributed by atoms with Gasteiger partial charge in [-0.05, 0) is 25.0 Å². The Morgan fingerprint density at radius 2 is 2.00 bits per heavy atom. The van der Waals surface area contributed by atoms with Crippen LogP contribution in [-0.2, 0) is 9.20 Å². The smallest absolute Gasteiger partial charge is 0.376 e. The van der Waals surface area contributed by atoms with Gasteiger partial charge in [-0.25, -0.2) is 0 Å². The zero-order chi connectivity index (χ0) is 14.7. The predicted octanol–water partition coefficient (Wildman–Crippen LogP) is 0.594. The molecule has 1 spiro atoms. The van der Waals surface area contributed by atoms with Crippen molar-refractivity contribution in [1.29, 1.82) is 0 Å². The van der Waals surface area contributed by atoms with Gasteiger partial charge in [-0.3, -0.25) is 4.79 Å². The number of carbonyl (C=O) groups excluding carboxylic acids is 1. The number of likely N-dealkylation sites (tertiary alicyclic amines) is 1. The van der Waals surface area contributed by atoms with Crippen LogP contribution in [0.15, 0.2) is 30.3 Å². The van der Waals surface area contributed by atoms with Crippen LogP contribution >= 0.6 is 0 Å². The highest BCUT2D eigenvalue weighted by Gasteiger charge is 2.46. The van der Waals surface area contributed by atoms with E-state index in [9.17, 15) is 9.26 Å². The summed E-state index contributed by atoms with van der Waals surface area (Å²) in [5, 5.41) is 0. The summed E-state index contributed by atoms with van der Waals surface area (Å²) in [5.41, 5.74) is 0.792. The molecule has 2 aliphatic heterocycles. The van der Waals surface area contributed by atoms with Crippen LogP contribution < -0.4 is 4.98 Å². The van der Waals surface area contributed by atoms with Crippen LogP contribution in [0.4, 0.5) is 0 Å². The first kappa shape index (κ1) is 14.4. The Balaban J connectivity index is 1.65. The van der Waals surface area contributed by atoms with Crippen molar-refractivity contribution in [1.82, 2.24) is 9.88 Å². The maximum absolute atomic E-state index is 12.4. The van der Waals surface area contributed by atoms with Gasteiger partial charge in [0.2, 0.25) is 0 Å². The van der Waals surface area contributed by atoms with Gasteiger partial charge in [-0.2, -0.15) is 0 Å². The molecule has 1 aromatic carbocycles. The number of nitrogens with one attached hydrogen (secondary N) is 1. The number of ether oxygens (including phenoxy) is 1. The molecule has 1 amide bonds. The number of hydrogen-bond donors (Lipinski definition) is 1. The Labute approximate surface area is 126 Å². The van der Waals surface area contributed by atoms with Gasteiger partial charge in [0, 0.05) is 24.1 Å². The summed E-state index contributed by atoms with van der Waals surface area (Å²) in [4.78, 5) is 17.4. The fourth-order valence-electron chi connectivity index (χ4n) is 3.38. The highest BCUT2D eigenvalue weighted by atomic mass is 28.2. The van der Waals surface area contributed by atoms with Crippen LogP contribution in [0.25, 0.3) is 0 Å². The van der Waals surface area contributed by atoms with Crippen LogP contribution in [0.2, 0.25) is 0 Å². The minimum absolute atomic E-state index is 0.0465. The van der Waals surface area contributed by atoms with Crippen molar-refractivity contribution in [2.75, 3.05) is 26.3 Å². The van der Waals surface area contributed by atoms with E-state index in [2.05, 4.69) is 4.98 Å². The molecule has 21 heavy (non-hydrogen) atoms. The Kier molecular flexibility index (Phi) is 4.16. The molecule has 2 fully saturated rings. The van der Waals surface area contributed by atoms with E-state index in [0.717, 1.165) is 31.5 Å². The lowest BCUT2D eigenvalue weighted by atomic mass is 9.75. The number of amides is 1. The number of hydrogen-bond acceptors (Lipinski definition) is 3. The van der Waals surface area contributed by atoms with Gasteiger partial charge in [0.15, 0.2) is 0 Å². The van der Waals surface area contributed by atoms with E-state index in [-0.39, 0.29) is 17.4 Å². The van der Waals surface area contributed by atoms with Gasteiger partial charge < -0.3 is 19.1 Å². The normalized spacial score (nSPS) is 24.0. The van der Waals surface area contributed by atoms with Crippen molar-refractivity contribution in [3.8, 4) is 0 Å². The van der Waals surface area contributed by atoms with Crippen molar-refractivity contribution in [2.24, 2.45) is 5.41 Å². The highest BCUT2D eigenvalue weighted by Crippen LogP contribution is 2.39. The Hall–Kier alpha value is -1.53. The molecule has 2 saturated heterocycles. The minimum Gasteiger partial charge on any atom is -0.387 e. The van der Waals surface area contributed by atoms with Gasteiger partial charge in [-0.15, -0.1) is 0 Å². The maximum atomic E-state index is 12.4. The van der Waals surface area contributed by atoms with Crippen molar-refractivity contribution in [2.45, 2.75) is 18.9 Å². The van der Waals surface area contributed by atoms with Crippen molar-refractivity contribution in [3.05, 3.63) is 35.9 Å². The lowest BCUT2D eigenvalue weighted by Gasteiger charge is -2.41. The quantitative estimate of drug-likeness (QED) is 0.831. The Morgan fingerprint density at radius 3 is 2.67 bits per heavy atom. The van der Waals surface area contributed by atoms with E-state index in [4.69, 9.17) is 4.74 Å². The molecule has 3 rings (SSSR count). The summed E-state index contributed by atoms with van der Waals surface area (Å²) >= 11 is 0. The average Bonchev–Trinajstić information content (AvgIpc) is 2.91. The summed E-state index contributed by atoms with van der Waals surface area (Å²) in [5.74, 6) is 0.100. The first-order valence-electron chi connectivity index (χ1n) is 7.37. The van der Waals surface area contributed by atoms with Crippen molar-refractivity contribution in [3.63, 3.8) is 0 Å². The summed E-state index contributed by atoms with van der Waals surface area (Å²) in [6, 6.07) is 9.58. The number of carbonyl (C=O) groups is 1. The molecule has 0 saturated carbocycles. The van der Waals surface area contributed by atoms with Gasteiger partial charge in [0.05, 0.1) is 19.3 Å². The predicted molar refractivity (Wildman–Crippen MR) is 79.6 cm³/mol. The second kappa shape index (κ2) is 6.07. The molecule has 1 N–H and O–H groups in total. The van der Waals surface area contributed by atoms with E-state index in [1.165, 1.54) is 0 Å². The van der Waals surface area contributed by atoms with Crippen LogP contribution in [-0.4, -0.2) is 52.7 Å². The fraction of sp³-hybridized carbons (Fsp3) is 0.533. The lowest BCUT2D eigenvalue weighted by Crippen LogP contribution is -2.52. The minimum atomic E-state index is -0.961. The first-order chi connectivity index (χ1) is 10.2. The van der Waals surface area contributed by atoms with Crippen LogP contribution in [0, 0.1) is 5.41 Å². The molecule has 2 heterocycles. The molecule has 5 nitrogen and oxygen atoms in total. The topological polar surface area (TPSA) is 58.6 Å². The molecular formula is C15H20N2O3Si. The Morgan fingerprint density at radius 1 is 1.29 bits per heavy atom. The second-order valence-corrected chi connectivity index (χ2v) is 6.44. The van der Waals surface area contributed by atoms with Gasteiger partial charge in [0.1, 0.15) is 0 Å². The zero-order valence-electron chi connectivity index (χ0n) is 12.0. The van der Waals surface area contributed by atoms with Crippen LogP contribution in [0.1, 0.15) is 23.2 Å². The summed E-state index contributed by atoms with van der Waals surface area (Å²) in [6.07, 6.45) is 1.81. The fourth-order valence-corrected chi connectivity index (χ4v) is 3.99. The largest absolute Gasteiger partial charge is 0.387 e. The summed E-state index contributed by atoms with van der Waals surface area (Å²) in [6.45, 7) is 2.81. The molecule has 1 aromatic rings. The van der Waals surface area contributed by atoms with Crippen LogP contribution in [0.5, 0.6) is 0 Å². The SMILES string of the molecule is O=[SiH]NC1COCC12CCN(C(=O)c1ccccc1)CC2. The van der Waals surface area contributed by atoms with E-state index in [1.807, 2.05) is 35.2 Å². The van der Waals surface area contributed by atoms with Gasteiger partial charge >= 0.3 is 9.57 Å². The van der Waals surface area contributed by atoms with Crippen LogP contribution in [0.3, 0.4) is 0 Å². The summed E-state index contributed by atoms with van der Waals surface area (Å²) < 4.78 is 16.5. The molecule has 0 bridgehead atoms. The molecular weight excluding hydrogens is 284 g/mol. The van der Waals surface area contributed by atoms with Crippen molar-refractivity contribution < 1.29 is 14.0 Å². The van der Waals surface area contributed by atoms with E-state index < -0.39 is 9.57 Å². The average molecular weight is 304 g/mol. The standard InChI is InChI=1S/C15H20N2O3Si/c18-14(12-4-2-1-3-5-12)17-8-6-15(7-9-17)11-20-10-13(15)16-21-19/h1-5,13,16,21H,6-11H2. The molecule has 6 heteroatoms. The zero-order valence-corrected chi connectivity index (χ0v) is 13.1. The molecule has 0 aliphatic carbocycles. The second-order valence-electron chi connectivity index (χ2n) is 5.87. The van der Waals surface area contributed by atoms with E-state index >= 15 is 0 Å². The highest BCUT2D eigenvalue weighted by molar-refractivity contribution is 6.13. The molecule has 112 valence electrons. The molecule has 2 aliphatic rings. The third-order valence-electron chi connectivity index (χ3n) is 4.75. The van der Waals surface area contributed by atoms with E-state index in [1.54, 1.807) is 0 Å². The monoisotopic (exact) mass is 304 g/mol. The first-order valence-corrected chi connectivity index (χ1v) is 8.42. The summed E-state index contributed by atoms with van der Waals surface area (Å²) in [7, 11) is -0.961. The number of piperidine rings is 1. The van der Waals surface area contributed by atoms with Crippen molar-refractivity contribution >= 4 is 15.5 Å². The lowest BCUT2D eigenvalue weighted by molar-refractivity contribution is 0.0502. The van der Waals surface area contributed by atoms with Gasteiger partial charge in [0.25, 0.3) is 5.91 Å². The van der Waals surface area contributed by atoms with Gasteiger partial charge in [-0.1, -0.05) is 18.2 Å². The van der Waals surface area contributed by atoms with E-state index in [0.29, 0.717) is 13.2 Å². The Bertz CT molecular complexity index is 515. The number of rotatable bonds is 3. The molecule has 0 aromatic heterocycles. The third kappa shape index (κ3) is 2.78. The maximum Gasteiger partial charge on any atom is 0.376 e.